The SMILES string of the molecule is N[C@H]1CCOc2c(F)c(Br)cc(Cl)c21. The first-order valence-electron chi connectivity index (χ1n) is 4.17. The van der Waals surface area contributed by atoms with E-state index in [1.165, 1.54) is 6.07 Å². The highest BCUT2D eigenvalue weighted by Crippen LogP contribution is 2.41. The summed E-state index contributed by atoms with van der Waals surface area (Å²) < 4.78 is 19.1. The minimum absolute atomic E-state index is 0.183. The van der Waals surface area contributed by atoms with Gasteiger partial charge in [-0.1, -0.05) is 11.6 Å². The smallest absolute Gasteiger partial charge is 0.179 e. The Morgan fingerprint density at radius 2 is 2.36 bits per heavy atom. The molecule has 2 N–H and O–H groups in total. The summed E-state index contributed by atoms with van der Waals surface area (Å²) in [4.78, 5) is 0. The van der Waals surface area contributed by atoms with Crippen molar-refractivity contribution in [1.29, 1.82) is 0 Å². The Hall–Kier alpha value is -0.320. The molecule has 14 heavy (non-hydrogen) atoms. The molecule has 1 atom stereocenters. The van der Waals surface area contributed by atoms with E-state index in [2.05, 4.69) is 15.9 Å². The van der Waals surface area contributed by atoms with Crippen LogP contribution in [0.15, 0.2) is 10.5 Å². The number of hydrogen-bond acceptors (Lipinski definition) is 2. The number of fused-ring (bicyclic) bond motifs is 1. The highest BCUT2D eigenvalue weighted by molar-refractivity contribution is 9.10. The zero-order chi connectivity index (χ0) is 10.3. The summed E-state index contributed by atoms with van der Waals surface area (Å²) in [5.74, 6) is -0.248. The van der Waals surface area contributed by atoms with Gasteiger partial charge in [-0.15, -0.1) is 0 Å². The number of nitrogens with two attached hydrogens (primary N) is 1. The van der Waals surface area contributed by atoms with E-state index in [0.717, 1.165) is 0 Å². The number of hydrogen-bond donors (Lipinski definition) is 1. The molecule has 0 aliphatic carbocycles. The van der Waals surface area contributed by atoms with Crippen molar-refractivity contribution in [3.63, 3.8) is 0 Å². The summed E-state index contributed by atoms with van der Waals surface area (Å²) in [6.45, 7) is 0.428. The second kappa shape index (κ2) is 3.68. The number of ether oxygens (including phenoxy) is 1. The first-order chi connectivity index (χ1) is 6.61. The van der Waals surface area contributed by atoms with E-state index in [1.54, 1.807) is 0 Å². The van der Waals surface area contributed by atoms with E-state index in [9.17, 15) is 4.39 Å². The molecular weight excluding hydrogens is 272 g/mol. The third kappa shape index (κ3) is 1.51. The van der Waals surface area contributed by atoms with E-state index in [-0.39, 0.29) is 11.8 Å². The van der Waals surface area contributed by atoms with E-state index < -0.39 is 5.82 Å². The molecule has 0 fully saturated rings. The second-order valence-corrected chi connectivity index (χ2v) is 4.40. The van der Waals surface area contributed by atoms with E-state index in [1.807, 2.05) is 0 Å². The fourth-order valence-corrected chi connectivity index (χ4v) is 2.38. The molecule has 0 amide bonds. The molecule has 2 rings (SSSR count). The molecule has 1 aromatic carbocycles. The van der Waals surface area contributed by atoms with Crippen LogP contribution < -0.4 is 10.5 Å². The quantitative estimate of drug-likeness (QED) is 0.741. The van der Waals surface area contributed by atoms with Gasteiger partial charge in [0.15, 0.2) is 11.6 Å². The molecule has 0 saturated heterocycles. The van der Waals surface area contributed by atoms with Crippen LogP contribution in [0.3, 0.4) is 0 Å². The molecule has 76 valence electrons. The fraction of sp³-hybridized carbons (Fsp3) is 0.333. The second-order valence-electron chi connectivity index (χ2n) is 3.14. The Morgan fingerprint density at radius 1 is 1.64 bits per heavy atom. The molecule has 1 aliphatic rings. The van der Waals surface area contributed by atoms with E-state index in [4.69, 9.17) is 22.1 Å². The minimum Gasteiger partial charge on any atom is -0.490 e. The molecule has 0 aromatic heterocycles. The maximum Gasteiger partial charge on any atom is 0.179 e. The Kier molecular flexibility index (Phi) is 2.68. The lowest BCUT2D eigenvalue weighted by Crippen LogP contribution is -2.22. The van der Waals surface area contributed by atoms with Crippen molar-refractivity contribution in [2.75, 3.05) is 6.61 Å². The van der Waals surface area contributed by atoms with Gasteiger partial charge in [-0.05, 0) is 22.0 Å². The zero-order valence-electron chi connectivity index (χ0n) is 7.19. The first-order valence-corrected chi connectivity index (χ1v) is 5.34. The highest BCUT2D eigenvalue weighted by atomic mass is 79.9. The molecule has 2 nitrogen and oxygen atoms in total. The molecule has 0 spiro atoms. The van der Waals surface area contributed by atoms with E-state index >= 15 is 0 Å². The lowest BCUT2D eigenvalue weighted by atomic mass is 10.0. The summed E-state index contributed by atoms with van der Waals surface area (Å²) in [6.07, 6.45) is 0.661. The van der Waals surface area contributed by atoms with Crippen molar-refractivity contribution in [3.8, 4) is 5.75 Å². The molecule has 0 radical (unpaired) electrons. The average molecular weight is 281 g/mol. The average Bonchev–Trinajstić information content (AvgIpc) is 2.14. The summed E-state index contributed by atoms with van der Waals surface area (Å²) in [6, 6.07) is 1.26. The Morgan fingerprint density at radius 3 is 3.07 bits per heavy atom. The zero-order valence-corrected chi connectivity index (χ0v) is 9.53. The largest absolute Gasteiger partial charge is 0.490 e. The van der Waals surface area contributed by atoms with Gasteiger partial charge in [0.05, 0.1) is 16.1 Å². The van der Waals surface area contributed by atoms with Crippen LogP contribution in [0.4, 0.5) is 4.39 Å². The van der Waals surface area contributed by atoms with Gasteiger partial charge in [0.2, 0.25) is 0 Å². The monoisotopic (exact) mass is 279 g/mol. The first kappa shape index (κ1) is 10.2. The minimum atomic E-state index is -0.431. The van der Waals surface area contributed by atoms with Crippen LogP contribution in [0.2, 0.25) is 5.02 Å². The van der Waals surface area contributed by atoms with Gasteiger partial charge in [-0.2, -0.15) is 0 Å². The van der Waals surface area contributed by atoms with Gasteiger partial charge in [0.1, 0.15) is 0 Å². The van der Waals surface area contributed by atoms with Gasteiger partial charge in [0, 0.05) is 18.0 Å². The van der Waals surface area contributed by atoms with Crippen molar-refractivity contribution in [1.82, 2.24) is 0 Å². The summed E-state index contributed by atoms with van der Waals surface area (Å²) >= 11 is 9.02. The summed E-state index contributed by atoms with van der Waals surface area (Å²) in [5.41, 5.74) is 6.39. The maximum atomic E-state index is 13.6. The van der Waals surface area contributed by atoms with Crippen LogP contribution in [0, 0.1) is 5.82 Å². The van der Waals surface area contributed by atoms with Crippen molar-refractivity contribution in [2.24, 2.45) is 5.73 Å². The third-order valence-corrected chi connectivity index (χ3v) is 3.10. The number of halogens is 3. The predicted molar refractivity (Wildman–Crippen MR) is 56.2 cm³/mol. The number of benzene rings is 1. The summed E-state index contributed by atoms with van der Waals surface area (Å²) in [5, 5.41) is 0.445. The normalized spacial score (nSPS) is 20.1. The molecule has 1 aliphatic heterocycles. The standard InChI is InChI=1S/C9H8BrClFNO/c10-4-3-5(11)7-6(13)1-2-14-9(7)8(4)12/h3,6H,1-2,13H2/t6-/m0/s1. The van der Waals surface area contributed by atoms with Gasteiger partial charge >= 0.3 is 0 Å². The van der Waals surface area contributed by atoms with Gasteiger partial charge < -0.3 is 10.5 Å². The van der Waals surface area contributed by atoms with Crippen molar-refractivity contribution in [3.05, 3.63) is 26.9 Å². The van der Waals surface area contributed by atoms with Gasteiger partial charge in [-0.25, -0.2) is 4.39 Å². The summed E-state index contributed by atoms with van der Waals surface area (Å²) in [7, 11) is 0. The maximum absolute atomic E-state index is 13.6. The van der Waals surface area contributed by atoms with Crippen molar-refractivity contribution >= 4 is 27.5 Å². The molecule has 1 aromatic rings. The van der Waals surface area contributed by atoms with Gasteiger partial charge in [0.25, 0.3) is 0 Å². The van der Waals surface area contributed by atoms with Crippen LogP contribution in [0.25, 0.3) is 0 Å². The number of rotatable bonds is 0. The lowest BCUT2D eigenvalue weighted by molar-refractivity contribution is 0.255. The Bertz CT molecular complexity index is 386. The van der Waals surface area contributed by atoms with Crippen molar-refractivity contribution in [2.45, 2.75) is 12.5 Å². The van der Waals surface area contributed by atoms with Crippen molar-refractivity contribution < 1.29 is 9.13 Å². The molecule has 0 bridgehead atoms. The lowest BCUT2D eigenvalue weighted by Gasteiger charge is -2.24. The van der Waals surface area contributed by atoms with Crippen LogP contribution in [-0.4, -0.2) is 6.61 Å². The molecule has 0 unspecified atom stereocenters. The van der Waals surface area contributed by atoms with Crippen LogP contribution in [0.5, 0.6) is 5.75 Å². The predicted octanol–water partition coefficient (Wildman–Crippen LogP) is 3.02. The molecule has 1 heterocycles. The highest BCUT2D eigenvalue weighted by Gasteiger charge is 2.26. The molecular formula is C9H8BrClFNO. The molecule has 0 saturated carbocycles. The topological polar surface area (TPSA) is 35.2 Å². The van der Waals surface area contributed by atoms with Crippen LogP contribution in [-0.2, 0) is 0 Å². The van der Waals surface area contributed by atoms with E-state index in [0.29, 0.717) is 28.1 Å². The van der Waals surface area contributed by atoms with Crippen LogP contribution >= 0.6 is 27.5 Å². The van der Waals surface area contributed by atoms with Crippen LogP contribution in [0.1, 0.15) is 18.0 Å². The third-order valence-electron chi connectivity index (χ3n) is 2.21. The molecule has 5 heteroatoms. The Labute approximate surface area is 94.3 Å². The Balaban J connectivity index is 2.66. The fourth-order valence-electron chi connectivity index (χ4n) is 1.51. The van der Waals surface area contributed by atoms with Gasteiger partial charge in [-0.3, -0.25) is 0 Å².